The van der Waals surface area contributed by atoms with Crippen LogP contribution in [0.15, 0.2) is 48.5 Å². The topological polar surface area (TPSA) is 17.8 Å². The highest BCUT2D eigenvalue weighted by Gasteiger charge is 2.13. The van der Waals surface area contributed by atoms with Crippen LogP contribution < -0.4 is 0 Å². The van der Waals surface area contributed by atoms with Crippen molar-refractivity contribution in [3.05, 3.63) is 54.1 Å². The summed E-state index contributed by atoms with van der Waals surface area (Å²) in [6.07, 6.45) is 22.6. The van der Waals surface area contributed by atoms with E-state index in [0.717, 1.165) is 17.9 Å². The van der Waals surface area contributed by atoms with Crippen molar-refractivity contribution in [3.8, 4) is 11.4 Å². The number of hydrogen-bond donors (Lipinski definition) is 0. The zero-order valence-electron chi connectivity index (χ0n) is 22.0. The van der Waals surface area contributed by atoms with Crippen molar-refractivity contribution in [1.29, 1.82) is 0 Å². The van der Waals surface area contributed by atoms with Crippen molar-refractivity contribution < 1.29 is 0 Å². The molecular formula is C32H48N2. The minimum atomic E-state index is 1.06. The van der Waals surface area contributed by atoms with Gasteiger partial charge in [0.2, 0.25) is 0 Å². The summed E-state index contributed by atoms with van der Waals surface area (Å²) < 4.78 is 2.45. The lowest BCUT2D eigenvalue weighted by molar-refractivity contribution is 0.523. The van der Waals surface area contributed by atoms with E-state index >= 15 is 0 Å². The second-order valence-corrected chi connectivity index (χ2v) is 10.2. The number of unbranched alkanes of at least 4 members (excludes halogenated alkanes) is 15. The minimum Gasteiger partial charge on any atom is -0.324 e. The van der Waals surface area contributed by atoms with Crippen LogP contribution in [0.3, 0.4) is 0 Å². The molecule has 186 valence electrons. The Morgan fingerprint density at radius 3 is 1.68 bits per heavy atom. The summed E-state index contributed by atoms with van der Waals surface area (Å²) in [5.74, 6) is 1.13. The lowest BCUT2D eigenvalue weighted by Gasteiger charge is -2.11. The van der Waals surface area contributed by atoms with Gasteiger partial charge in [-0.3, -0.25) is 0 Å². The number of nitrogens with zero attached hydrogens (tertiary/aromatic N) is 2. The zero-order chi connectivity index (χ0) is 23.8. The van der Waals surface area contributed by atoms with Crippen molar-refractivity contribution in [2.45, 2.75) is 123 Å². The largest absolute Gasteiger partial charge is 0.324 e. The number of aromatic nitrogens is 2. The maximum absolute atomic E-state index is 5.00. The first-order valence-corrected chi connectivity index (χ1v) is 14.3. The van der Waals surface area contributed by atoms with Gasteiger partial charge in [0.15, 0.2) is 0 Å². The fourth-order valence-electron chi connectivity index (χ4n) is 5.15. The Bertz CT molecular complexity index is 939. The van der Waals surface area contributed by atoms with Crippen LogP contribution in [0.5, 0.6) is 0 Å². The number of fused-ring (bicyclic) bond motifs is 1. The van der Waals surface area contributed by atoms with Crippen LogP contribution in [0.2, 0.25) is 0 Å². The molecule has 2 nitrogen and oxygen atoms in total. The van der Waals surface area contributed by atoms with Crippen molar-refractivity contribution in [1.82, 2.24) is 9.55 Å². The zero-order valence-corrected chi connectivity index (χ0v) is 22.0. The third-order valence-electron chi connectivity index (χ3n) is 7.28. The van der Waals surface area contributed by atoms with Crippen molar-refractivity contribution in [3.63, 3.8) is 0 Å². The first-order chi connectivity index (χ1) is 16.8. The summed E-state index contributed by atoms with van der Waals surface area (Å²) >= 11 is 0. The molecule has 34 heavy (non-hydrogen) atoms. The van der Waals surface area contributed by atoms with Crippen LogP contribution in [0, 0.1) is 6.92 Å². The third-order valence-corrected chi connectivity index (χ3v) is 7.28. The van der Waals surface area contributed by atoms with Crippen LogP contribution in [0.25, 0.3) is 22.4 Å². The fourth-order valence-corrected chi connectivity index (χ4v) is 5.15. The molecule has 0 N–H and O–H groups in total. The van der Waals surface area contributed by atoms with Gasteiger partial charge in [-0.25, -0.2) is 4.98 Å². The average Bonchev–Trinajstić information content (AvgIpc) is 3.22. The number of aryl methyl sites for hydroxylation is 2. The summed E-state index contributed by atoms with van der Waals surface area (Å²) in [4.78, 5) is 5.00. The lowest BCUT2D eigenvalue weighted by atomic mass is 10.0. The van der Waals surface area contributed by atoms with E-state index in [2.05, 4.69) is 66.9 Å². The molecule has 0 spiro atoms. The van der Waals surface area contributed by atoms with E-state index in [1.807, 2.05) is 0 Å². The van der Waals surface area contributed by atoms with Gasteiger partial charge in [0.05, 0.1) is 11.0 Å². The summed E-state index contributed by atoms with van der Waals surface area (Å²) in [7, 11) is 0. The van der Waals surface area contributed by atoms with Crippen LogP contribution in [-0.2, 0) is 6.54 Å². The Kier molecular flexibility index (Phi) is 12.3. The van der Waals surface area contributed by atoms with Gasteiger partial charge in [0.1, 0.15) is 5.82 Å². The Labute approximate surface area is 209 Å². The van der Waals surface area contributed by atoms with Crippen molar-refractivity contribution in [2.75, 3.05) is 0 Å². The van der Waals surface area contributed by atoms with E-state index in [-0.39, 0.29) is 0 Å². The molecule has 1 heterocycles. The van der Waals surface area contributed by atoms with Crippen LogP contribution in [-0.4, -0.2) is 9.55 Å². The number of benzene rings is 2. The van der Waals surface area contributed by atoms with Gasteiger partial charge in [0.25, 0.3) is 0 Å². The quantitative estimate of drug-likeness (QED) is 0.173. The molecule has 2 aromatic carbocycles. The number of hydrogen-bond acceptors (Lipinski definition) is 1. The van der Waals surface area contributed by atoms with Crippen molar-refractivity contribution >= 4 is 11.0 Å². The Morgan fingerprint density at radius 1 is 0.588 bits per heavy atom. The van der Waals surface area contributed by atoms with E-state index in [4.69, 9.17) is 4.98 Å². The molecule has 0 aliphatic heterocycles. The molecule has 0 bridgehead atoms. The van der Waals surface area contributed by atoms with Gasteiger partial charge in [-0.2, -0.15) is 0 Å². The van der Waals surface area contributed by atoms with E-state index in [1.165, 1.54) is 119 Å². The van der Waals surface area contributed by atoms with E-state index < -0.39 is 0 Å². The van der Waals surface area contributed by atoms with E-state index in [1.54, 1.807) is 0 Å². The Balaban J connectivity index is 1.29. The van der Waals surface area contributed by atoms with Gasteiger partial charge in [0, 0.05) is 12.1 Å². The molecule has 0 radical (unpaired) electrons. The minimum absolute atomic E-state index is 1.06. The van der Waals surface area contributed by atoms with Gasteiger partial charge in [-0.1, -0.05) is 140 Å². The van der Waals surface area contributed by atoms with Crippen LogP contribution in [0.4, 0.5) is 0 Å². The normalized spacial score (nSPS) is 11.5. The predicted molar refractivity (Wildman–Crippen MR) is 149 cm³/mol. The molecule has 0 amide bonds. The third kappa shape index (κ3) is 8.60. The molecule has 0 saturated carbocycles. The first kappa shape index (κ1) is 26.5. The molecule has 3 aromatic rings. The average molecular weight is 461 g/mol. The van der Waals surface area contributed by atoms with Gasteiger partial charge in [-0.15, -0.1) is 0 Å². The number of para-hydroxylation sites is 2. The van der Waals surface area contributed by atoms with E-state index in [0.29, 0.717) is 0 Å². The Morgan fingerprint density at radius 2 is 1.09 bits per heavy atom. The predicted octanol–water partition coefficient (Wildman–Crippen LogP) is 10.3. The molecule has 3 rings (SSSR count). The highest BCUT2D eigenvalue weighted by atomic mass is 15.1. The SMILES string of the molecule is CCCCCCCCCCCCCCCCCCn1c(-c2ccccc2C)nc2ccccc21. The number of imidazole rings is 1. The molecule has 0 fully saturated rings. The molecule has 0 unspecified atom stereocenters. The highest BCUT2D eigenvalue weighted by Crippen LogP contribution is 2.27. The summed E-state index contributed by atoms with van der Waals surface area (Å²) in [6.45, 7) is 5.54. The summed E-state index contributed by atoms with van der Waals surface area (Å²) in [5.41, 5.74) is 4.93. The summed E-state index contributed by atoms with van der Waals surface area (Å²) in [6, 6.07) is 17.2. The first-order valence-electron chi connectivity index (χ1n) is 14.3. The smallest absolute Gasteiger partial charge is 0.141 e. The molecule has 0 aliphatic carbocycles. The molecular weight excluding hydrogens is 412 g/mol. The second kappa shape index (κ2) is 15.7. The monoisotopic (exact) mass is 460 g/mol. The molecule has 0 aliphatic rings. The molecule has 0 atom stereocenters. The molecule has 2 heteroatoms. The second-order valence-electron chi connectivity index (χ2n) is 10.2. The van der Waals surface area contributed by atoms with Gasteiger partial charge in [-0.05, 0) is 31.0 Å². The number of rotatable bonds is 18. The van der Waals surface area contributed by atoms with Gasteiger partial charge >= 0.3 is 0 Å². The maximum Gasteiger partial charge on any atom is 0.141 e. The summed E-state index contributed by atoms with van der Waals surface area (Å²) in [5, 5.41) is 0. The molecule has 0 saturated heterocycles. The van der Waals surface area contributed by atoms with Crippen LogP contribution >= 0.6 is 0 Å². The molecule has 1 aromatic heterocycles. The Hall–Kier alpha value is -2.09. The highest BCUT2D eigenvalue weighted by molar-refractivity contribution is 5.81. The fraction of sp³-hybridized carbons (Fsp3) is 0.594. The maximum atomic E-state index is 5.00. The van der Waals surface area contributed by atoms with Crippen LogP contribution in [0.1, 0.15) is 115 Å². The standard InChI is InChI=1S/C32H48N2/c1-3-4-5-6-7-8-9-10-11-12-13-14-15-16-17-22-27-34-31-26-21-20-25-30(31)33-32(34)29-24-19-18-23-28(29)2/h18-21,23-26H,3-17,22,27H2,1-2H3. The van der Waals surface area contributed by atoms with Gasteiger partial charge < -0.3 is 4.57 Å². The lowest BCUT2D eigenvalue weighted by Crippen LogP contribution is -2.02. The van der Waals surface area contributed by atoms with E-state index in [9.17, 15) is 0 Å². The van der Waals surface area contributed by atoms with Crippen molar-refractivity contribution in [2.24, 2.45) is 0 Å².